The van der Waals surface area contributed by atoms with Crippen LogP contribution in [-0.4, -0.2) is 17.1 Å². The van der Waals surface area contributed by atoms with Crippen LogP contribution in [0.4, 0.5) is 10.5 Å². The van der Waals surface area contributed by atoms with Crippen molar-refractivity contribution in [2.45, 2.75) is 18.9 Å². The third kappa shape index (κ3) is 2.69. The van der Waals surface area contributed by atoms with E-state index in [0.29, 0.717) is 0 Å². The second-order valence-corrected chi connectivity index (χ2v) is 3.56. The Morgan fingerprint density at radius 1 is 1.50 bits per heavy atom. The Balaban J connectivity index is 1.99. The van der Waals surface area contributed by atoms with Gasteiger partial charge >= 0.3 is 6.09 Å². The molecule has 6 nitrogen and oxygen atoms in total. The Morgan fingerprint density at radius 3 is 2.88 bits per heavy atom. The monoisotopic (exact) mass is 222 g/mol. The highest BCUT2D eigenvalue weighted by Crippen LogP contribution is 2.21. The fraction of sp³-hybridized carbons (Fsp3) is 0.300. The molecule has 1 aromatic rings. The van der Waals surface area contributed by atoms with Crippen molar-refractivity contribution < 1.29 is 14.5 Å². The minimum atomic E-state index is -0.567. The van der Waals surface area contributed by atoms with Crippen molar-refractivity contribution in [3.8, 4) is 5.75 Å². The number of hydrogen-bond donors (Lipinski definition) is 1. The zero-order valence-electron chi connectivity index (χ0n) is 8.38. The highest BCUT2D eigenvalue weighted by molar-refractivity contribution is 5.71. The van der Waals surface area contributed by atoms with Gasteiger partial charge in [0.2, 0.25) is 0 Å². The van der Waals surface area contributed by atoms with Crippen molar-refractivity contribution in [2.24, 2.45) is 0 Å². The molecule has 0 saturated heterocycles. The molecule has 84 valence electrons. The van der Waals surface area contributed by atoms with E-state index >= 15 is 0 Å². The Hall–Kier alpha value is -2.11. The minimum absolute atomic E-state index is 0.100. The van der Waals surface area contributed by atoms with E-state index in [9.17, 15) is 14.9 Å². The molecule has 1 amide bonds. The lowest BCUT2D eigenvalue weighted by molar-refractivity contribution is -0.384. The normalized spacial score (nSPS) is 14.2. The molecule has 1 fully saturated rings. The smallest absolute Gasteiger partial charge is 0.410 e. The molecule has 6 heteroatoms. The van der Waals surface area contributed by atoms with Crippen molar-refractivity contribution in [3.05, 3.63) is 34.4 Å². The maximum Gasteiger partial charge on any atom is 0.412 e. The van der Waals surface area contributed by atoms with Crippen LogP contribution in [0.15, 0.2) is 24.3 Å². The van der Waals surface area contributed by atoms with Crippen molar-refractivity contribution in [3.63, 3.8) is 0 Å². The SMILES string of the molecule is O=C(NC1CC1)Oc1cccc([N+](=O)[O-])c1. The van der Waals surface area contributed by atoms with E-state index in [1.165, 1.54) is 24.3 Å². The first-order valence-electron chi connectivity index (χ1n) is 4.88. The number of carbonyl (C=O) groups is 1. The lowest BCUT2D eigenvalue weighted by Crippen LogP contribution is -2.28. The van der Waals surface area contributed by atoms with Gasteiger partial charge in [-0.05, 0) is 18.9 Å². The molecule has 0 unspecified atom stereocenters. The summed E-state index contributed by atoms with van der Waals surface area (Å²) < 4.78 is 4.90. The fourth-order valence-corrected chi connectivity index (χ4v) is 1.19. The fourth-order valence-electron chi connectivity index (χ4n) is 1.19. The standard InChI is InChI=1S/C10H10N2O4/c13-10(11-7-4-5-7)16-9-3-1-2-8(6-9)12(14)15/h1-3,6-7H,4-5H2,(H,11,13). The number of nitrogens with zero attached hydrogens (tertiary/aromatic N) is 1. The first kappa shape index (κ1) is 10.4. The summed E-state index contributed by atoms with van der Waals surface area (Å²) in [5.74, 6) is 0.173. The Bertz CT molecular complexity index is 429. The molecule has 1 saturated carbocycles. The number of ether oxygens (including phenoxy) is 1. The van der Waals surface area contributed by atoms with Gasteiger partial charge in [0.25, 0.3) is 5.69 Å². The summed E-state index contributed by atoms with van der Waals surface area (Å²) in [5.41, 5.74) is -0.100. The Labute approximate surface area is 91.4 Å². The highest BCUT2D eigenvalue weighted by atomic mass is 16.6. The minimum Gasteiger partial charge on any atom is -0.410 e. The van der Waals surface area contributed by atoms with Crippen LogP contribution in [0.2, 0.25) is 0 Å². The average molecular weight is 222 g/mol. The van der Waals surface area contributed by atoms with Gasteiger partial charge in [-0.25, -0.2) is 4.79 Å². The van der Waals surface area contributed by atoms with Crippen LogP contribution in [0, 0.1) is 10.1 Å². The summed E-state index contributed by atoms with van der Waals surface area (Å²) in [6.45, 7) is 0. The molecule has 0 heterocycles. The number of rotatable bonds is 3. The van der Waals surface area contributed by atoms with E-state index in [-0.39, 0.29) is 17.5 Å². The number of nitro groups is 1. The van der Waals surface area contributed by atoms with E-state index < -0.39 is 11.0 Å². The van der Waals surface area contributed by atoms with Crippen molar-refractivity contribution in [2.75, 3.05) is 0 Å². The summed E-state index contributed by atoms with van der Waals surface area (Å²) in [6.07, 6.45) is 1.36. The molecule has 0 spiro atoms. The predicted molar refractivity (Wildman–Crippen MR) is 55.3 cm³/mol. The van der Waals surface area contributed by atoms with Crippen LogP contribution in [0.25, 0.3) is 0 Å². The van der Waals surface area contributed by atoms with Crippen molar-refractivity contribution in [1.82, 2.24) is 5.32 Å². The van der Waals surface area contributed by atoms with Gasteiger partial charge < -0.3 is 10.1 Å². The summed E-state index contributed by atoms with van der Waals surface area (Å²) >= 11 is 0. The topological polar surface area (TPSA) is 81.5 Å². The molecule has 0 aromatic heterocycles. The number of non-ortho nitro benzene ring substituents is 1. The molecule has 1 N–H and O–H groups in total. The molecular weight excluding hydrogens is 212 g/mol. The molecule has 16 heavy (non-hydrogen) atoms. The van der Waals surface area contributed by atoms with E-state index in [1.807, 2.05) is 0 Å². The first-order chi connectivity index (χ1) is 7.65. The summed E-state index contributed by atoms with van der Waals surface area (Å²) in [7, 11) is 0. The summed E-state index contributed by atoms with van der Waals surface area (Å²) in [5, 5.41) is 13.1. The number of hydrogen-bond acceptors (Lipinski definition) is 4. The van der Waals surface area contributed by atoms with Crippen LogP contribution >= 0.6 is 0 Å². The molecular formula is C10H10N2O4. The molecule has 0 atom stereocenters. The summed E-state index contributed by atoms with van der Waals surface area (Å²) in [6, 6.07) is 5.72. The second kappa shape index (κ2) is 4.18. The first-order valence-corrected chi connectivity index (χ1v) is 4.88. The van der Waals surface area contributed by atoms with E-state index in [2.05, 4.69) is 5.32 Å². The largest absolute Gasteiger partial charge is 0.412 e. The molecule has 1 aromatic carbocycles. The van der Waals surface area contributed by atoms with Gasteiger partial charge in [0, 0.05) is 12.1 Å². The van der Waals surface area contributed by atoms with Gasteiger partial charge in [-0.2, -0.15) is 0 Å². The highest BCUT2D eigenvalue weighted by Gasteiger charge is 2.24. The molecule has 0 bridgehead atoms. The number of nitro benzene ring substituents is 1. The maximum absolute atomic E-state index is 11.2. The van der Waals surface area contributed by atoms with Gasteiger partial charge in [0.1, 0.15) is 5.75 Å². The van der Waals surface area contributed by atoms with E-state index in [1.54, 1.807) is 0 Å². The van der Waals surface area contributed by atoms with E-state index in [0.717, 1.165) is 12.8 Å². The molecule has 1 aliphatic rings. The van der Waals surface area contributed by atoms with Crippen LogP contribution in [0.5, 0.6) is 5.75 Å². The number of benzene rings is 1. The van der Waals surface area contributed by atoms with Crippen LogP contribution < -0.4 is 10.1 Å². The Kier molecular flexibility index (Phi) is 2.72. The Morgan fingerprint density at radius 2 is 2.25 bits per heavy atom. The van der Waals surface area contributed by atoms with Gasteiger partial charge in [-0.15, -0.1) is 0 Å². The van der Waals surface area contributed by atoms with Crippen LogP contribution in [0.1, 0.15) is 12.8 Å². The van der Waals surface area contributed by atoms with Crippen molar-refractivity contribution in [1.29, 1.82) is 0 Å². The third-order valence-corrected chi connectivity index (χ3v) is 2.14. The lowest BCUT2D eigenvalue weighted by atomic mass is 10.3. The van der Waals surface area contributed by atoms with Gasteiger partial charge in [0.15, 0.2) is 0 Å². The number of carbonyl (C=O) groups excluding carboxylic acids is 1. The van der Waals surface area contributed by atoms with Gasteiger partial charge in [-0.1, -0.05) is 6.07 Å². The second-order valence-electron chi connectivity index (χ2n) is 3.56. The van der Waals surface area contributed by atoms with Gasteiger partial charge in [-0.3, -0.25) is 10.1 Å². The molecule has 0 aliphatic heterocycles. The predicted octanol–water partition coefficient (Wildman–Crippen LogP) is 1.85. The lowest BCUT2D eigenvalue weighted by Gasteiger charge is -2.04. The van der Waals surface area contributed by atoms with E-state index in [4.69, 9.17) is 4.74 Å². The van der Waals surface area contributed by atoms with Crippen LogP contribution in [0.3, 0.4) is 0 Å². The number of nitrogens with one attached hydrogen (secondary N) is 1. The average Bonchev–Trinajstić information content (AvgIpc) is 3.01. The molecule has 1 aliphatic carbocycles. The molecule has 2 rings (SSSR count). The third-order valence-electron chi connectivity index (χ3n) is 2.14. The summed E-state index contributed by atoms with van der Waals surface area (Å²) in [4.78, 5) is 21.2. The quantitative estimate of drug-likeness (QED) is 0.625. The maximum atomic E-state index is 11.2. The van der Waals surface area contributed by atoms with Crippen LogP contribution in [-0.2, 0) is 0 Å². The zero-order chi connectivity index (χ0) is 11.5. The zero-order valence-corrected chi connectivity index (χ0v) is 8.38. The number of amides is 1. The van der Waals surface area contributed by atoms with Gasteiger partial charge in [0.05, 0.1) is 11.0 Å². The molecule has 0 radical (unpaired) electrons. The van der Waals surface area contributed by atoms with Crippen molar-refractivity contribution >= 4 is 11.8 Å².